The van der Waals surface area contributed by atoms with E-state index in [2.05, 4.69) is 57.9 Å². The first-order valence-corrected chi connectivity index (χ1v) is 13.8. The lowest BCUT2D eigenvalue weighted by molar-refractivity contribution is -0.126. The molecule has 1 N–H and O–H groups in total. The summed E-state index contributed by atoms with van der Waals surface area (Å²) >= 11 is 0. The quantitative estimate of drug-likeness (QED) is 0.384. The minimum Gasteiger partial charge on any atom is -0.349 e. The summed E-state index contributed by atoms with van der Waals surface area (Å²) < 4.78 is 16.4. The minimum atomic E-state index is -0.245. The summed E-state index contributed by atoms with van der Waals surface area (Å²) in [6.07, 6.45) is 9.14. The summed E-state index contributed by atoms with van der Waals surface area (Å²) in [5, 5.41) is 3.38. The van der Waals surface area contributed by atoms with Gasteiger partial charge in [-0.25, -0.2) is 9.37 Å². The van der Waals surface area contributed by atoms with E-state index in [9.17, 15) is 9.18 Å². The Bertz CT molecular complexity index is 1160. The molecule has 6 heteroatoms. The van der Waals surface area contributed by atoms with Gasteiger partial charge in [0.2, 0.25) is 5.91 Å². The number of carbonyl (C=O) groups is 1. The van der Waals surface area contributed by atoms with E-state index >= 15 is 0 Å². The van der Waals surface area contributed by atoms with E-state index in [1.54, 1.807) is 6.07 Å². The van der Waals surface area contributed by atoms with Crippen LogP contribution >= 0.6 is 0 Å². The molecule has 2 fully saturated rings. The van der Waals surface area contributed by atoms with E-state index in [0.29, 0.717) is 23.5 Å². The fourth-order valence-electron chi connectivity index (χ4n) is 6.62. The Kier molecular flexibility index (Phi) is 7.70. The molecule has 2 aliphatic rings. The number of hydrogen-bond acceptors (Lipinski definition) is 3. The van der Waals surface area contributed by atoms with Gasteiger partial charge in [-0.05, 0) is 75.1 Å². The second kappa shape index (κ2) is 11.1. The lowest BCUT2D eigenvalue weighted by atomic mass is 9.91. The minimum absolute atomic E-state index is 0.0254. The van der Waals surface area contributed by atoms with E-state index in [0.717, 1.165) is 50.7 Å². The molecular weight excluding hydrogens is 451 g/mol. The van der Waals surface area contributed by atoms with Gasteiger partial charge in [0.1, 0.15) is 5.52 Å². The van der Waals surface area contributed by atoms with Gasteiger partial charge in [0, 0.05) is 24.5 Å². The van der Waals surface area contributed by atoms with Crippen LogP contribution in [0.2, 0.25) is 0 Å². The number of likely N-dealkylation sites (tertiary alicyclic amines) is 1. The Labute approximate surface area is 214 Å². The van der Waals surface area contributed by atoms with Crippen LogP contribution in [0.3, 0.4) is 0 Å². The predicted molar refractivity (Wildman–Crippen MR) is 142 cm³/mol. The Morgan fingerprint density at radius 1 is 1.11 bits per heavy atom. The third kappa shape index (κ3) is 5.06. The summed E-state index contributed by atoms with van der Waals surface area (Å²) in [5.41, 5.74) is 2.56. The zero-order valence-electron chi connectivity index (χ0n) is 21.6. The van der Waals surface area contributed by atoms with Crippen molar-refractivity contribution < 1.29 is 9.18 Å². The highest BCUT2D eigenvalue weighted by Crippen LogP contribution is 2.44. The molecule has 1 amide bonds. The molecule has 36 heavy (non-hydrogen) atoms. The fourth-order valence-corrected chi connectivity index (χ4v) is 6.62. The van der Waals surface area contributed by atoms with Crippen LogP contribution in [0.25, 0.3) is 11.0 Å². The Morgan fingerprint density at radius 3 is 2.69 bits per heavy atom. The number of amides is 1. The van der Waals surface area contributed by atoms with Gasteiger partial charge in [-0.1, -0.05) is 50.2 Å². The van der Waals surface area contributed by atoms with Crippen molar-refractivity contribution in [3.05, 3.63) is 66.2 Å². The molecule has 0 radical (unpaired) electrons. The maximum atomic E-state index is 14.2. The Morgan fingerprint density at radius 2 is 1.92 bits per heavy atom. The standard InChI is InChI=1S/C30H39FN4O/c1-3-21(4-2)30(36)33-26(22-10-6-5-7-11-22)15-17-34-16-9-12-23-18-24(19-28(23)34)35-20-32-29-25(31)13-8-14-27(29)35/h5-8,10-11,13-14,20-21,23-24,26,28H,3-4,9,12,15-19H2,1-2H3,(H,33,36)/t23?,24?,26-,28?/m0/s1. The molecule has 4 atom stereocenters. The van der Waals surface area contributed by atoms with Crippen LogP contribution in [-0.2, 0) is 4.79 Å². The van der Waals surface area contributed by atoms with Gasteiger partial charge in [-0.3, -0.25) is 9.69 Å². The van der Waals surface area contributed by atoms with E-state index in [-0.39, 0.29) is 23.7 Å². The molecule has 2 heterocycles. The Hall–Kier alpha value is -2.73. The van der Waals surface area contributed by atoms with Crippen LogP contribution in [0.15, 0.2) is 54.9 Å². The first kappa shape index (κ1) is 24.9. The molecule has 2 aromatic carbocycles. The normalized spacial score (nSPS) is 23.2. The van der Waals surface area contributed by atoms with Crippen molar-refractivity contribution in [1.29, 1.82) is 0 Å². The number of nitrogens with zero attached hydrogens (tertiary/aromatic N) is 3. The van der Waals surface area contributed by atoms with Crippen LogP contribution in [0.1, 0.15) is 76.4 Å². The van der Waals surface area contributed by atoms with Crippen molar-refractivity contribution in [1.82, 2.24) is 19.8 Å². The molecular formula is C30H39FN4O. The summed E-state index contributed by atoms with van der Waals surface area (Å²) in [4.78, 5) is 20.0. The predicted octanol–water partition coefficient (Wildman–Crippen LogP) is 6.27. The molecule has 1 saturated carbocycles. The first-order valence-electron chi connectivity index (χ1n) is 13.8. The average Bonchev–Trinajstić information content (AvgIpc) is 3.53. The highest BCUT2D eigenvalue weighted by molar-refractivity contribution is 5.79. The molecule has 1 saturated heterocycles. The van der Waals surface area contributed by atoms with Gasteiger partial charge in [-0.15, -0.1) is 0 Å². The van der Waals surface area contributed by atoms with Gasteiger partial charge in [0.05, 0.1) is 17.9 Å². The highest BCUT2D eigenvalue weighted by atomic mass is 19.1. The lowest BCUT2D eigenvalue weighted by Crippen LogP contribution is -2.44. The molecule has 5 nitrogen and oxygen atoms in total. The lowest BCUT2D eigenvalue weighted by Gasteiger charge is -2.38. The number of hydrogen-bond donors (Lipinski definition) is 1. The smallest absolute Gasteiger partial charge is 0.223 e. The average molecular weight is 491 g/mol. The number of para-hydroxylation sites is 1. The third-order valence-corrected chi connectivity index (χ3v) is 8.65. The third-order valence-electron chi connectivity index (χ3n) is 8.65. The molecule has 1 aromatic heterocycles. The highest BCUT2D eigenvalue weighted by Gasteiger charge is 2.41. The summed E-state index contributed by atoms with van der Waals surface area (Å²) in [6.45, 7) is 6.26. The van der Waals surface area contributed by atoms with E-state index < -0.39 is 0 Å². The molecule has 1 aliphatic heterocycles. The zero-order valence-corrected chi connectivity index (χ0v) is 21.6. The summed E-state index contributed by atoms with van der Waals surface area (Å²) in [7, 11) is 0. The number of piperidine rings is 1. The van der Waals surface area contributed by atoms with E-state index in [1.165, 1.54) is 24.5 Å². The summed E-state index contributed by atoms with van der Waals surface area (Å²) in [6, 6.07) is 16.6. The molecule has 3 aromatic rings. The zero-order chi connectivity index (χ0) is 25.1. The molecule has 192 valence electrons. The fraction of sp³-hybridized carbons (Fsp3) is 0.533. The summed E-state index contributed by atoms with van der Waals surface area (Å²) in [5.74, 6) is 0.654. The number of rotatable bonds is 9. The maximum Gasteiger partial charge on any atom is 0.223 e. The van der Waals surface area contributed by atoms with Crippen molar-refractivity contribution in [3.63, 3.8) is 0 Å². The molecule has 1 aliphatic carbocycles. The van der Waals surface area contributed by atoms with Gasteiger partial charge in [-0.2, -0.15) is 0 Å². The largest absolute Gasteiger partial charge is 0.349 e. The van der Waals surface area contributed by atoms with Crippen LogP contribution in [0.4, 0.5) is 4.39 Å². The van der Waals surface area contributed by atoms with Crippen LogP contribution in [0.5, 0.6) is 0 Å². The van der Waals surface area contributed by atoms with Gasteiger partial charge in [0.25, 0.3) is 0 Å². The number of imidazole rings is 1. The number of benzene rings is 2. The van der Waals surface area contributed by atoms with Crippen molar-refractivity contribution in [2.24, 2.45) is 11.8 Å². The molecule has 0 spiro atoms. The van der Waals surface area contributed by atoms with Crippen molar-refractivity contribution in [3.8, 4) is 0 Å². The van der Waals surface area contributed by atoms with Gasteiger partial charge < -0.3 is 9.88 Å². The second-order valence-corrected chi connectivity index (χ2v) is 10.7. The number of fused-ring (bicyclic) bond motifs is 2. The van der Waals surface area contributed by atoms with Crippen LogP contribution < -0.4 is 5.32 Å². The van der Waals surface area contributed by atoms with Crippen LogP contribution in [0, 0.1) is 17.7 Å². The van der Waals surface area contributed by atoms with Gasteiger partial charge in [0.15, 0.2) is 5.82 Å². The number of aromatic nitrogens is 2. The molecule has 3 unspecified atom stereocenters. The van der Waals surface area contributed by atoms with Crippen molar-refractivity contribution in [2.45, 2.75) is 76.9 Å². The number of halogens is 1. The maximum absolute atomic E-state index is 14.2. The van der Waals surface area contributed by atoms with Crippen molar-refractivity contribution in [2.75, 3.05) is 13.1 Å². The second-order valence-electron chi connectivity index (χ2n) is 10.7. The van der Waals surface area contributed by atoms with Crippen molar-refractivity contribution >= 4 is 16.9 Å². The molecule has 0 bridgehead atoms. The van der Waals surface area contributed by atoms with E-state index in [1.807, 2.05) is 18.5 Å². The van der Waals surface area contributed by atoms with E-state index in [4.69, 9.17) is 0 Å². The number of nitrogens with one attached hydrogen (secondary N) is 1. The van der Waals surface area contributed by atoms with Crippen LogP contribution in [-0.4, -0.2) is 39.5 Å². The topological polar surface area (TPSA) is 50.2 Å². The Balaban J connectivity index is 1.29. The monoisotopic (exact) mass is 490 g/mol. The van der Waals surface area contributed by atoms with Gasteiger partial charge >= 0.3 is 0 Å². The first-order chi connectivity index (χ1) is 17.6. The SMILES string of the molecule is CCC(CC)C(=O)N[C@@H](CCN1CCCC2CC(n3cnc4c(F)cccc43)CC21)c1ccccc1. The number of carbonyl (C=O) groups excluding carboxylic acids is 1. The molecule has 5 rings (SSSR count).